The van der Waals surface area contributed by atoms with Crippen LogP contribution >= 0.6 is 23.1 Å². The lowest BCUT2D eigenvalue weighted by Crippen LogP contribution is -2.25. The van der Waals surface area contributed by atoms with Crippen LogP contribution in [0.3, 0.4) is 0 Å². The van der Waals surface area contributed by atoms with Crippen LogP contribution in [0.4, 0.5) is 0 Å². The molecule has 2 atom stereocenters. The maximum atomic E-state index is 6.29. The van der Waals surface area contributed by atoms with E-state index in [2.05, 4.69) is 43.7 Å². The zero-order valence-corrected chi connectivity index (χ0v) is 12.6. The molecule has 0 fully saturated rings. The zero-order valence-electron chi connectivity index (χ0n) is 11.0. The molecule has 7 heteroatoms. The molecule has 0 radical (unpaired) electrons. The molecule has 0 bridgehead atoms. The second kappa shape index (κ2) is 5.90. The van der Waals surface area contributed by atoms with Gasteiger partial charge in [-0.2, -0.15) is 11.3 Å². The fourth-order valence-corrected chi connectivity index (χ4v) is 4.06. The first-order chi connectivity index (χ1) is 9.79. The van der Waals surface area contributed by atoms with Crippen LogP contribution in [-0.4, -0.2) is 26.0 Å². The van der Waals surface area contributed by atoms with E-state index in [9.17, 15) is 0 Å². The molecule has 3 aromatic heterocycles. The quantitative estimate of drug-likeness (QED) is 0.559. The number of rotatable bonds is 5. The average molecular weight is 305 g/mol. The lowest BCUT2D eigenvalue weighted by molar-refractivity contribution is 0.635. The van der Waals surface area contributed by atoms with E-state index in [0.29, 0.717) is 5.65 Å². The van der Waals surface area contributed by atoms with Crippen LogP contribution in [0.2, 0.25) is 0 Å². The van der Waals surface area contributed by atoms with Gasteiger partial charge in [-0.25, -0.2) is 15.0 Å². The van der Waals surface area contributed by atoms with Crippen molar-refractivity contribution in [2.24, 2.45) is 5.73 Å². The first-order valence-electron chi connectivity index (χ1n) is 6.38. The second-order valence-corrected chi connectivity index (χ2v) is 6.36. The highest BCUT2D eigenvalue weighted by Crippen LogP contribution is 2.39. The third-order valence-corrected chi connectivity index (χ3v) is 5.27. The summed E-state index contributed by atoms with van der Waals surface area (Å²) in [7, 11) is 0. The van der Waals surface area contributed by atoms with E-state index in [1.807, 2.05) is 0 Å². The molecule has 0 aliphatic heterocycles. The maximum absolute atomic E-state index is 6.29. The van der Waals surface area contributed by atoms with Crippen LogP contribution in [0.15, 0.2) is 34.5 Å². The number of nitrogens with one attached hydrogen (secondary N) is 1. The number of H-pyrrole nitrogens is 1. The van der Waals surface area contributed by atoms with Crippen LogP contribution in [0.5, 0.6) is 0 Å². The van der Waals surface area contributed by atoms with Crippen LogP contribution < -0.4 is 5.73 Å². The molecular formula is C13H15N5S2. The van der Waals surface area contributed by atoms with Crippen molar-refractivity contribution < 1.29 is 0 Å². The summed E-state index contributed by atoms with van der Waals surface area (Å²) in [6.45, 7) is 2.11. The molecule has 0 spiro atoms. The highest BCUT2D eigenvalue weighted by atomic mass is 32.2. The summed E-state index contributed by atoms with van der Waals surface area (Å²) in [5, 5.41) is 5.32. The Kier molecular flexibility index (Phi) is 4.00. The van der Waals surface area contributed by atoms with Gasteiger partial charge in [0.05, 0.1) is 11.6 Å². The topological polar surface area (TPSA) is 80.5 Å². The monoisotopic (exact) mass is 305 g/mol. The van der Waals surface area contributed by atoms with Gasteiger partial charge in [-0.1, -0.05) is 18.7 Å². The van der Waals surface area contributed by atoms with E-state index >= 15 is 0 Å². The molecule has 104 valence electrons. The molecule has 0 aliphatic carbocycles. The fourth-order valence-electron chi connectivity index (χ4n) is 2.01. The number of aromatic amines is 1. The highest BCUT2D eigenvalue weighted by molar-refractivity contribution is 7.99. The molecular weight excluding hydrogens is 290 g/mol. The molecule has 20 heavy (non-hydrogen) atoms. The van der Waals surface area contributed by atoms with E-state index in [1.54, 1.807) is 35.8 Å². The van der Waals surface area contributed by atoms with Crippen molar-refractivity contribution in [3.05, 3.63) is 35.0 Å². The Hall–Kier alpha value is -1.44. The first kappa shape index (κ1) is 13.5. The third kappa shape index (κ3) is 2.56. The zero-order chi connectivity index (χ0) is 13.9. The third-order valence-electron chi connectivity index (χ3n) is 3.16. The summed E-state index contributed by atoms with van der Waals surface area (Å²) in [6, 6.07) is 2.21. The summed E-state index contributed by atoms with van der Waals surface area (Å²) in [4.78, 5) is 15.8. The molecule has 0 saturated carbocycles. The van der Waals surface area contributed by atoms with E-state index in [-0.39, 0.29) is 11.3 Å². The van der Waals surface area contributed by atoms with E-state index in [1.165, 1.54) is 5.56 Å². The van der Waals surface area contributed by atoms with Crippen molar-refractivity contribution in [2.75, 3.05) is 0 Å². The molecule has 3 heterocycles. The highest BCUT2D eigenvalue weighted by Gasteiger charge is 2.22. The van der Waals surface area contributed by atoms with Crippen molar-refractivity contribution in [2.45, 2.75) is 29.7 Å². The van der Waals surface area contributed by atoms with Crippen molar-refractivity contribution in [1.29, 1.82) is 0 Å². The normalized spacial score (nSPS) is 14.5. The Balaban J connectivity index is 1.95. The molecule has 3 N–H and O–H groups in total. The van der Waals surface area contributed by atoms with Crippen LogP contribution in [0, 0.1) is 0 Å². The van der Waals surface area contributed by atoms with Gasteiger partial charge in [0.1, 0.15) is 16.9 Å². The van der Waals surface area contributed by atoms with Crippen LogP contribution in [0.25, 0.3) is 11.2 Å². The predicted molar refractivity (Wildman–Crippen MR) is 82.9 cm³/mol. The largest absolute Gasteiger partial charge is 0.341 e. The smallest absolute Gasteiger partial charge is 0.181 e. The van der Waals surface area contributed by atoms with Crippen molar-refractivity contribution >= 4 is 34.3 Å². The summed E-state index contributed by atoms with van der Waals surface area (Å²) < 4.78 is 0. The van der Waals surface area contributed by atoms with Gasteiger partial charge in [-0.3, -0.25) is 0 Å². The minimum Gasteiger partial charge on any atom is -0.341 e. The summed E-state index contributed by atoms with van der Waals surface area (Å²) in [5.41, 5.74) is 9.11. The SMILES string of the molecule is CCC(N)C(Sc1ncnc2nc[nH]c12)c1ccsc1. The molecule has 0 aromatic carbocycles. The van der Waals surface area contributed by atoms with Gasteiger partial charge >= 0.3 is 0 Å². The molecule has 2 unspecified atom stereocenters. The standard InChI is InChI=1S/C13H15N5S2/c1-2-9(14)11(8-3-4-19-5-8)20-13-10-12(16-6-15-10)17-7-18-13/h3-7,9,11H,2,14H2,1H3,(H,15,16,17,18). The number of fused-ring (bicyclic) bond motifs is 1. The molecule has 0 aliphatic rings. The van der Waals surface area contributed by atoms with Gasteiger partial charge in [0, 0.05) is 6.04 Å². The summed E-state index contributed by atoms with van der Waals surface area (Å²) in [6.07, 6.45) is 4.11. The fraction of sp³-hybridized carbons (Fsp3) is 0.308. The van der Waals surface area contributed by atoms with Gasteiger partial charge in [-0.05, 0) is 28.8 Å². The Morgan fingerprint density at radius 3 is 3.05 bits per heavy atom. The Labute approximate surface area is 125 Å². The molecule has 0 saturated heterocycles. The van der Waals surface area contributed by atoms with Crippen molar-refractivity contribution in [3.63, 3.8) is 0 Å². The molecule has 0 amide bonds. The number of nitrogens with two attached hydrogens (primary N) is 1. The number of hydrogen-bond acceptors (Lipinski definition) is 6. The average Bonchev–Trinajstić information content (AvgIpc) is 3.14. The molecule has 3 aromatic rings. The van der Waals surface area contributed by atoms with Crippen molar-refractivity contribution in [1.82, 2.24) is 19.9 Å². The van der Waals surface area contributed by atoms with Crippen LogP contribution in [0.1, 0.15) is 24.2 Å². The number of hydrogen-bond donors (Lipinski definition) is 2. The number of thioether (sulfide) groups is 1. The predicted octanol–water partition coefficient (Wildman–Crippen LogP) is 2.99. The minimum atomic E-state index is 0.0857. The van der Waals surface area contributed by atoms with Crippen LogP contribution in [-0.2, 0) is 0 Å². The van der Waals surface area contributed by atoms with Gasteiger partial charge in [0.2, 0.25) is 0 Å². The van der Waals surface area contributed by atoms with Gasteiger partial charge in [0.15, 0.2) is 5.65 Å². The summed E-state index contributed by atoms with van der Waals surface area (Å²) in [5.74, 6) is 0. The minimum absolute atomic E-state index is 0.0857. The van der Waals surface area contributed by atoms with E-state index in [0.717, 1.165) is 17.0 Å². The summed E-state index contributed by atoms with van der Waals surface area (Å²) >= 11 is 3.36. The van der Waals surface area contributed by atoms with Gasteiger partial charge in [-0.15, -0.1) is 0 Å². The molecule has 3 rings (SSSR count). The lowest BCUT2D eigenvalue weighted by Gasteiger charge is -2.21. The van der Waals surface area contributed by atoms with E-state index in [4.69, 9.17) is 5.73 Å². The van der Waals surface area contributed by atoms with Gasteiger partial charge in [0.25, 0.3) is 0 Å². The number of aromatic nitrogens is 4. The molecule has 5 nitrogen and oxygen atoms in total. The van der Waals surface area contributed by atoms with E-state index < -0.39 is 0 Å². The Bertz CT molecular complexity index is 679. The number of thiophene rings is 1. The number of nitrogens with zero attached hydrogens (tertiary/aromatic N) is 3. The second-order valence-electron chi connectivity index (χ2n) is 4.45. The van der Waals surface area contributed by atoms with Crippen molar-refractivity contribution in [3.8, 4) is 0 Å². The van der Waals surface area contributed by atoms with Gasteiger partial charge < -0.3 is 10.7 Å². The first-order valence-corrected chi connectivity index (χ1v) is 8.20. The number of imidazole rings is 1. The lowest BCUT2D eigenvalue weighted by atomic mass is 10.1. The Morgan fingerprint density at radius 2 is 2.30 bits per heavy atom. The maximum Gasteiger partial charge on any atom is 0.181 e. The Morgan fingerprint density at radius 1 is 1.40 bits per heavy atom.